The molecule has 3 aromatic rings. The molecular weight excluding hydrogens is 498 g/mol. The number of hydrogen-bond donors (Lipinski definition) is 2. The van der Waals surface area contributed by atoms with Gasteiger partial charge in [-0.15, -0.1) is 0 Å². The van der Waals surface area contributed by atoms with Crippen molar-refractivity contribution >= 4 is 26.0 Å². The van der Waals surface area contributed by atoms with Crippen LogP contribution in [-0.2, 0) is 31.4 Å². The number of nitrogens with zero attached hydrogens (tertiary/aromatic N) is 1. The van der Waals surface area contributed by atoms with E-state index in [0.29, 0.717) is 0 Å². The molecule has 0 aliphatic rings. The molecule has 3 rings (SSSR count). The van der Waals surface area contributed by atoms with Crippen LogP contribution in [0.1, 0.15) is 22.3 Å². The highest BCUT2D eigenvalue weighted by Crippen LogP contribution is 2.19. The van der Waals surface area contributed by atoms with Crippen molar-refractivity contribution in [1.82, 2.24) is 14.3 Å². The maximum absolute atomic E-state index is 13.3. The minimum Gasteiger partial charge on any atom is -0.354 e. The summed E-state index contributed by atoms with van der Waals surface area (Å²) in [5, 5.41) is 2.60. The number of carbonyl (C=O) groups is 1. The monoisotopic (exact) mass is 529 g/mol. The van der Waals surface area contributed by atoms with Gasteiger partial charge in [0.1, 0.15) is 0 Å². The number of amides is 1. The Balaban J connectivity index is 1.66. The summed E-state index contributed by atoms with van der Waals surface area (Å²) in [6.07, 6.45) is 0. The van der Waals surface area contributed by atoms with E-state index in [0.717, 1.165) is 26.6 Å². The van der Waals surface area contributed by atoms with E-state index in [4.69, 9.17) is 0 Å². The topological polar surface area (TPSA) is 113 Å². The van der Waals surface area contributed by atoms with Gasteiger partial charge in [0, 0.05) is 19.6 Å². The summed E-state index contributed by atoms with van der Waals surface area (Å²) in [5.41, 5.74) is 3.65. The van der Waals surface area contributed by atoms with E-state index in [-0.39, 0.29) is 29.4 Å². The van der Waals surface area contributed by atoms with E-state index in [1.807, 2.05) is 45.0 Å². The van der Waals surface area contributed by atoms with E-state index in [1.165, 1.54) is 24.3 Å². The molecule has 1 amide bonds. The summed E-state index contributed by atoms with van der Waals surface area (Å²) in [6, 6.07) is 20.3. The number of benzene rings is 3. The van der Waals surface area contributed by atoms with Gasteiger partial charge in [0.05, 0.1) is 16.3 Å². The van der Waals surface area contributed by atoms with Crippen LogP contribution in [0, 0.1) is 20.8 Å². The Labute approximate surface area is 213 Å². The predicted octanol–water partition coefficient (Wildman–Crippen LogP) is 2.90. The zero-order valence-corrected chi connectivity index (χ0v) is 22.2. The third-order valence-corrected chi connectivity index (χ3v) is 8.81. The highest BCUT2D eigenvalue weighted by Gasteiger charge is 2.27. The Morgan fingerprint density at radius 2 is 1.17 bits per heavy atom. The molecule has 0 atom stereocenters. The quantitative estimate of drug-likeness (QED) is 0.371. The van der Waals surface area contributed by atoms with Gasteiger partial charge in [0.25, 0.3) is 0 Å². The SMILES string of the molecule is Cc1ccc(CN(CC(=O)NCCNS(=O)(=O)c2ccc(C)cc2)S(=O)(=O)c2ccc(C)cc2)cc1. The zero-order valence-electron chi connectivity index (χ0n) is 20.6. The first-order valence-corrected chi connectivity index (χ1v) is 14.3. The van der Waals surface area contributed by atoms with Gasteiger partial charge >= 0.3 is 0 Å². The lowest BCUT2D eigenvalue weighted by molar-refractivity contribution is -0.121. The van der Waals surface area contributed by atoms with Gasteiger partial charge in [-0.1, -0.05) is 65.2 Å². The standard InChI is InChI=1S/C26H31N3O5S2/c1-20-4-10-23(11-5-20)18-29(36(33,34)25-14-8-22(3)9-15-25)19-26(30)27-16-17-28-35(31,32)24-12-6-21(2)7-13-24/h4-15,28H,16-19H2,1-3H3,(H,27,30). The highest BCUT2D eigenvalue weighted by atomic mass is 32.2. The number of aryl methyl sites for hydroxylation is 3. The average Bonchev–Trinajstić information content (AvgIpc) is 2.83. The fourth-order valence-electron chi connectivity index (χ4n) is 3.39. The molecule has 0 aliphatic heterocycles. The van der Waals surface area contributed by atoms with Crippen LogP contribution < -0.4 is 10.0 Å². The van der Waals surface area contributed by atoms with E-state index >= 15 is 0 Å². The maximum atomic E-state index is 13.3. The summed E-state index contributed by atoms with van der Waals surface area (Å²) in [7, 11) is -7.67. The second kappa shape index (κ2) is 11.8. The molecular formula is C26H31N3O5S2. The molecule has 0 fully saturated rings. The zero-order chi connectivity index (χ0) is 26.3. The van der Waals surface area contributed by atoms with Gasteiger partial charge in [-0.3, -0.25) is 4.79 Å². The van der Waals surface area contributed by atoms with Gasteiger partial charge in [-0.2, -0.15) is 4.31 Å². The Kier molecular flexibility index (Phi) is 9.02. The second-order valence-electron chi connectivity index (χ2n) is 8.63. The Morgan fingerprint density at radius 3 is 1.69 bits per heavy atom. The van der Waals surface area contributed by atoms with Crippen molar-refractivity contribution < 1.29 is 21.6 Å². The molecule has 3 aromatic carbocycles. The fraction of sp³-hybridized carbons (Fsp3) is 0.269. The van der Waals surface area contributed by atoms with E-state index in [9.17, 15) is 21.6 Å². The lowest BCUT2D eigenvalue weighted by Crippen LogP contribution is -2.42. The third kappa shape index (κ3) is 7.47. The number of rotatable bonds is 11. The van der Waals surface area contributed by atoms with Gasteiger partial charge in [0.2, 0.25) is 26.0 Å². The molecule has 0 heterocycles. The Morgan fingerprint density at radius 1 is 0.694 bits per heavy atom. The summed E-state index contributed by atoms with van der Waals surface area (Å²) < 4.78 is 55.0. The van der Waals surface area contributed by atoms with Crippen molar-refractivity contribution in [2.24, 2.45) is 0 Å². The first kappa shape index (κ1) is 27.5. The average molecular weight is 530 g/mol. The molecule has 0 saturated heterocycles. The molecule has 8 nitrogen and oxygen atoms in total. The van der Waals surface area contributed by atoms with Gasteiger partial charge in [0.15, 0.2) is 0 Å². The van der Waals surface area contributed by atoms with Crippen molar-refractivity contribution in [3.63, 3.8) is 0 Å². The Bertz CT molecular complexity index is 1390. The lowest BCUT2D eigenvalue weighted by Gasteiger charge is -2.22. The number of hydrogen-bond acceptors (Lipinski definition) is 5. The smallest absolute Gasteiger partial charge is 0.243 e. The summed E-state index contributed by atoms with van der Waals surface area (Å²) in [4.78, 5) is 12.9. The number of nitrogens with one attached hydrogen (secondary N) is 2. The first-order valence-electron chi connectivity index (χ1n) is 11.4. The Hall–Kier alpha value is -3.05. The van der Waals surface area contributed by atoms with Gasteiger partial charge in [-0.25, -0.2) is 21.6 Å². The molecule has 0 spiro atoms. The molecule has 192 valence electrons. The summed E-state index contributed by atoms with van der Waals surface area (Å²) in [5.74, 6) is -0.535. The molecule has 2 N–H and O–H groups in total. The molecule has 0 aliphatic carbocycles. The van der Waals surface area contributed by atoms with E-state index in [2.05, 4.69) is 10.0 Å². The van der Waals surface area contributed by atoms with Crippen LogP contribution in [0.4, 0.5) is 0 Å². The van der Waals surface area contributed by atoms with Crippen LogP contribution in [0.3, 0.4) is 0 Å². The van der Waals surface area contributed by atoms with Crippen molar-refractivity contribution in [2.45, 2.75) is 37.1 Å². The van der Waals surface area contributed by atoms with Crippen LogP contribution in [0.5, 0.6) is 0 Å². The molecule has 0 bridgehead atoms. The van der Waals surface area contributed by atoms with Crippen molar-refractivity contribution in [1.29, 1.82) is 0 Å². The maximum Gasteiger partial charge on any atom is 0.243 e. The van der Waals surface area contributed by atoms with Crippen molar-refractivity contribution in [3.8, 4) is 0 Å². The molecule has 10 heteroatoms. The lowest BCUT2D eigenvalue weighted by atomic mass is 10.1. The van der Waals surface area contributed by atoms with Crippen LogP contribution in [0.2, 0.25) is 0 Å². The minimum absolute atomic E-state index is 0.00682. The highest BCUT2D eigenvalue weighted by molar-refractivity contribution is 7.89. The van der Waals surface area contributed by atoms with Crippen molar-refractivity contribution in [2.75, 3.05) is 19.6 Å². The normalized spacial score (nSPS) is 12.0. The second-order valence-corrected chi connectivity index (χ2v) is 12.3. The van der Waals surface area contributed by atoms with Crippen LogP contribution in [0.15, 0.2) is 82.6 Å². The number of sulfonamides is 2. The first-order chi connectivity index (χ1) is 17.0. The third-order valence-electron chi connectivity index (χ3n) is 5.53. The largest absolute Gasteiger partial charge is 0.354 e. The molecule has 0 saturated carbocycles. The molecule has 0 aromatic heterocycles. The predicted molar refractivity (Wildman–Crippen MR) is 139 cm³/mol. The van der Waals surface area contributed by atoms with Crippen LogP contribution in [0.25, 0.3) is 0 Å². The molecule has 36 heavy (non-hydrogen) atoms. The molecule has 0 unspecified atom stereocenters. The van der Waals surface area contributed by atoms with E-state index in [1.54, 1.807) is 24.3 Å². The van der Waals surface area contributed by atoms with Gasteiger partial charge in [-0.05, 0) is 50.6 Å². The fourth-order valence-corrected chi connectivity index (χ4v) is 5.80. The summed E-state index contributed by atoms with van der Waals surface area (Å²) in [6.45, 7) is 5.24. The minimum atomic E-state index is -3.95. The van der Waals surface area contributed by atoms with Crippen molar-refractivity contribution in [3.05, 3.63) is 95.1 Å². The van der Waals surface area contributed by atoms with Crippen LogP contribution >= 0.6 is 0 Å². The number of carbonyl (C=O) groups excluding carboxylic acids is 1. The summed E-state index contributed by atoms with van der Waals surface area (Å²) >= 11 is 0. The van der Waals surface area contributed by atoms with Crippen LogP contribution in [-0.4, -0.2) is 46.7 Å². The van der Waals surface area contributed by atoms with Gasteiger partial charge < -0.3 is 5.32 Å². The van der Waals surface area contributed by atoms with E-state index < -0.39 is 32.5 Å². The molecule has 0 radical (unpaired) electrons.